The van der Waals surface area contributed by atoms with Crippen molar-refractivity contribution in [2.45, 2.75) is 26.7 Å². The Balaban J connectivity index is 2.60. The Morgan fingerprint density at radius 1 is 1.53 bits per heavy atom. The standard InChI is InChI=1S/C13H19N3O3/c1-9(8-14)3-6-13(17)15-11-4-5-12(16(18)19)10(2)7-11/h4-5,7,9H,3,6,8,14H2,1-2H3,(H,15,17). The van der Waals surface area contributed by atoms with Crippen LogP contribution in [0.15, 0.2) is 18.2 Å². The lowest BCUT2D eigenvalue weighted by molar-refractivity contribution is -0.385. The van der Waals surface area contributed by atoms with Crippen LogP contribution in [0.1, 0.15) is 25.3 Å². The van der Waals surface area contributed by atoms with Gasteiger partial charge in [-0.25, -0.2) is 0 Å². The van der Waals surface area contributed by atoms with Gasteiger partial charge in [-0.15, -0.1) is 0 Å². The monoisotopic (exact) mass is 265 g/mol. The molecular formula is C13H19N3O3. The van der Waals surface area contributed by atoms with Gasteiger partial charge in [-0.1, -0.05) is 6.92 Å². The predicted molar refractivity (Wildman–Crippen MR) is 73.9 cm³/mol. The van der Waals surface area contributed by atoms with E-state index in [1.54, 1.807) is 13.0 Å². The van der Waals surface area contributed by atoms with Crippen LogP contribution in [0.5, 0.6) is 0 Å². The molecule has 0 heterocycles. The molecule has 0 aromatic heterocycles. The quantitative estimate of drug-likeness (QED) is 0.608. The number of anilines is 1. The molecule has 6 heteroatoms. The fourth-order valence-corrected chi connectivity index (χ4v) is 1.66. The van der Waals surface area contributed by atoms with Gasteiger partial charge in [0.25, 0.3) is 5.69 Å². The Morgan fingerprint density at radius 2 is 2.21 bits per heavy atom. The minimum Gasteiger partial charge on any atom is -0.330 e. The smallest absolute Gasteiger partial charge is 0.272 e. The minimum absolute atomic E-state index is 0.0507. The Hall–Kier alpha value is -1.95. The van der Waals surface area contributed by atoms with E-state index in [2.05, 4.69) is 5.32 Å². The van der Waals surface area contributed by atoms with Crippen LogP contribution in [-0.2, 0) is 4.79 Å². The topological polar surface area (TPSA) is 98.3 Å². The predicted octanol–water partition coefficient (Wildman–Crippen LogP) is 2.22. The number of hydrogen-bond acceptors (Lipinski definition) is 4. The molecule has 1 amide bonds. The van der Waals surface area contributed by atoms with E-state index in [0.29, 0.717) is 30.1 Å². The van der Waals surface area contributed by atoms with Crippen LogP contribution in [0.3, 0.4) is 0 Å². The maximum atomic E-state index is 11.7. The molecule has 0 aliphatic rings. The highest BCUT2D eigenvalue weighted by molar-refractivity contribution is 5.90. The van der Waals surface area contributed by atoms with Crippen LogP contribution in [0.4, 0.5) is 11.4 Å². The molecule has 0 bridgehead atoms. The van der Waals surface area contributed by atoms with Crippen molar-refractivity contribution >= 4 is 17.3 Å². The van der Waals surface area contributed by atoms with E-state index in [-0.39, 0.29) is 11.6 Å². The molecule has 0 fully saturated rings. The SMILES string of the molecule is Cc1cc(NC(=O)CCC(C)CN)ccc1[N+](=O)[O-]. The summed E-state index contributed by atoms with van der Waals surface area (Å²) in [6.07, 6.45) is 1.13. The highest BCUT2D eigenvalue weighted by Gasteiger charge is 2.11. The molecule has 1 aromatic rings. The molecule has 1 rings (SSSR count). The Bertz CT molecular complexity index is 474. The molecular weight excluding hydrogens is 246 g/mol. The zero-order valence-corrected chi connectivity index (χ0v) is 11.2. The van der Waals surface area contributed by atoms with Gasteiger partial charge in [-0.05, 0) is 37.9 Å². The third-order valence-electron chi connectivity index (χ3n) is 2.94. The number of nitrogens with two attached hydrogens (primary N) is 1. The Labute approximate surface area is 112 Å². The Kier molecular flexibility index (Phi) is 5.44. The highest BCUT2D eigenvalue weighted by atomic mass is 16.6. The van der Waals surface area contributed by atoms with Crippen molar-refractivity contribution < 1.29 is 9.72 Å². The Morgan fingerprint density at radius 3 is 2.74 bits per heavy atom. The van der Waals surface area contributed by atoms with E-state index >= 15 is 0 Å². The first-order chi connectivity index (χ1) is 8.93. The summed E-state index contributed by atoms with van der Waals surface area (Å²) in [6, 6.07) is 4.53. The van der Waals surface area contributed by atoms with Gasteiger partial charge in [0, 0.05) is 23.7 Å². The van der Waals surface area contributed by atoms with Crippen LogP contribution >= 0.6 is 0 Å². The van der Waals surface area contributed by atoms with Crippen molar-refractivity contribution in [3.63, 3.8) is 0 Å². The first-order valence-corrected chi connectivity index (χ1v) is 6.19. The molecule has 1 atom stereocenters. The number of carbonyl (C=O) groups is 1. The van der Waals surface area contributed by atoms with Gasteiger partial charge in [-0.2, -0.15) is 0 Å². The van der Waals surface area contributed by atoms with Crippen LogP contribution in [0.2, 0.25) is 0 Å². The molecule has 1 unspecified atom stereocenters. The number of nitro benzene ring substituents is 1. The maximum absolute atomic E-state index is 11.7. The first-order valence-electron chi connectivity index (χ1n) is 6.19. The fraction of sp³-hybridized carbons (Fsp3) is 0.462. The zero-order valence-electron chi connectivity index (χ0n) is 11.2. The van der Waals surface area contributed by atoms with Gasteiger partial charge in [-0.3, -0.25) is 14.9 Å². The average molecular weight is 265 g/mol. The molecule has 104 valence electrons. The molecule has 0 aliphatic heterocycles. The first kappa shape index (κ1) is 15.1. The normalized spacial score (nSPS) is 11.9. The lowest BCUT2D eigenvalue weighted by atomic mass is 10.1. The van der Waals surface area contributed by atoms with Crippen molar-refractivity contribution in [2.24, 2.45) is 11.7 Å². The van der Waals surface area contributed by atoms with Gasteiger partial charge in [0.1, 0.15) is 0 Å². The molecule has 6 nitrogen and oxygen atoms in total. The van der Waals surface area contributed by atoms with Gasteiger partial charge in [0.05, 0.1) is 4.92 Å². The third-order valence-corrected chi connectivity index (χ3v) is 2.94. The summed E-state index contributed by atoms with van der Waals surface area (Å²) in [5, 5.41) is 13.4. The van der Waals surface area contributed by atoms with Gasteiger partial charge >= 0.3 is 0 Å². The third kappa shape index (κ3) is 4.67. The number of carbonyl (C=O) groups excluding carboxylic acids is 1. The molecule has 1 aromatic carbocycles. The molecule has 0 spiro atoms. The summed E-state index contributed by atoms with van der Waals surface area (Å²) < 4.78 is 0. The summed E-state index contributed by atoms with van der Waals surface area (Å²) in [5.41, 5.74) is 6.63. The van der Waals surface area contributed by atoms with Crippen LogP contribution in [-0.4, -0.2) is 17.4 Å². The number of rotatable bonds is 6. The van der Waals surface area contributed by atoms with Crippen LogP contribution in [0.25, 0.3) is 0 Å². The van der Waals surface area contributed by atoms with Crippen molar-refractivity contribution in [2.75, 3.05) is 11.9 Å². The number of nitrogens with one attached hydrogen (secondary N) is 1. The number of benzene rings is 1. The van der Waals surface area contributed by atoms with Crippen molar-refractivity contribution in [1.82, 2.24) is 0 Å². The molecule has 0 saturated heterocycles. The average Bonchev–Trinajstić information content (AvgIpc) is 2.35. The maximum Gasteiger partial charge on any atom is 0.272 e. The molecule has 0 saturated carbocycles. The van der Waals surface area contributed by atoms with E-state index in [1.807, 2.05) is 6.92 Å². The van der Waals surface area contributed by atoms with Gasteiger partial charge in [0.2, 0.25) is 5.91 Å². The summed E-state index contributed by atoms with van der Waals surface area (Å²) in [4.78, 5) is 21.9. The lowest BCUT2D eigenvalue weighted by Crippen LogP contribution is -2.16. The fourth-order valence-electron chi connectivity index (χ4n) is 1.66. The molecule has 19 heavy (non-hydrogen) atoms. The second kappa shape index (κ2) is 6.84. The molecule has 0 aliphatic carbocycles. The summed E-state index contributed by atoms with van der Waals surface area (Å²) in [5.74, 6) is 0.206. The van der Waals surface area contributed by atoms with Crippen LogP contribution in [0, 0.1) is 23.0 Å². The molecule has 0 radical (unpaired) electrons. The van der Waals surface area contributed by atoms with Gasteiger partial charge in [0.15, 0.2) is 0 Å². The van der Waals surface area contributed by atoms with E-state index < -0.39 is 4.92 Å². The number of nitro groups is 1. The van der Waals surface area contributed by atoms with Gasteiger partial charge < -0.3 is 11.1 Å². The minimum atomic E-state index is -0.441. The highest BCUT2D eigenvalue weighted by Crippen LogP contribution is 2.21. The summed E-state index contributed by atoms with van der Waals surface area (Å²) >= 11 is 0. The lowest BCUT2D eigenvalue weighted by Gasteiger charge is -2.09. The largest absolute Gasteiger partial charge is 0.330 e. The summed E-state index contributed by atoms with van der Waals surface area (Å²) in [7, 11) is 0. The number of amides is 1. The second-order valence-electron chi connectivity index (χ2n) is 4.69. The molecule has 3 N–H and O–H groups in total. The summed E-state index contributed by atoms with van der Waals surface area (Å²) in [6.45, 7) is 4.19. The van der Waals surface area contributed by atoms with E-state index in [0.717, 1.165) is 6.42 Å². The number of aryl methyl sites for hydroxylation is 1. The van der Waals surface area contributed by atoms with E-state index in [4.69, 9.17) is 5.73 Å². The zero-order chi connectivity index (χ0) is 14.4. The second-order valence-corrected chi connectivity index (χ2v) is 4.69. The number of hydrogen-bond donors (Lipinski definition) is 2. The van der Waals surface area contributed by atoms with E-state index in [9.17, 15) is 14.9 Å². The van der Waals surface area contributed by atoms with Crippen molar-refractivity contribution in [3.05, 3.63) is 33.9 Å². The van der Waals surface area contributed by atoms with Crippen molar-refractivity contribution in [3.8, 4) is 0 Å². The van der Waals surface area contributed by atoms with Crippen molar-refractivity contribution in [1.29, 1.82) is 0 Å². The van der Waals surface area contributed by atoms with Crippen LogP contribution < -0.4 is 11.1 Å². The van der Waals surface area contributed by atoms with E-state index in [1.165, 1.54) is 12.1 Å². The number of nitrogens with zero attached hydrogens (tertiary/aromatic N) is 1.